The molecule has 0 bridgehead atoms. The Balaban J connectivity index is 3.40. The van der Waals surface area contributed by atoms with Gasteiger partial charge < -0.3 is 4.90 Å². The standard InChI is InChI=1S/C10H22N2O/c1-5-10(13)9-12(4)8-6-7-11(2)3/h5-9H2,1-4H3. The minimum absolute atomic E-state index is 0.326. The number of likely N-dealkylation sites (N-methyl/N-ethyl adjacent to an activating group) is 1. The van der Waals surface area contributed by atoms with Gasteiger partial charge in [0.25, 0.3) is 0 Å². The van der Waals surface area contributed by atoms with Gasteiger partial charge in [0, 0.05) is 6.42 Å². The van der Waals surface area contributed by atoms with Crippen molar-refractivity contribution in [3.8, 4) is 0 Å². The van der Waals surface area contributed by atoms with Crippen LogP contribution in [-0.4, -0.2) is 56.4 Å². The first-order chi connectivity index (χ1) is 6.06. The smallest absolute Gasteiger partial charge is 0.146 e. The molecule has 3 nitrogen and oxygen atoms in total. The molecule has 0 N–H and O–H groups in total. The van der Waals surface area contributed by atoms with Crippen molar-refractivity contribution in [3.05, 3.63) is 0 Å². The molecular weight excluding hydrogens is 164 g/mol. The van der Waals surface area contributed by atoms with Gasteiger partial charge >= 0.3 is 0 Å². The summed E-state index contributed by atoms with van der Waals surface area (Å²) >= 11 is 0. The van der Waals surface area contributed by atoms with Crippen LogP contribution in [0.3, 0.4) is 0 Å². The topological polar surface area (TPSA) is 23.6 Å². The van der Waals surface area contributed by atoms with Crippen molar-refractivity contribution >= 4 is 5.78 Å². The summed E-state index contributed by atoms with van der Waals surface area (Å²) in [6, 6.07) is 0. The molecule has 0 atom stereocenters. The molecule has 0 saturated carbocycles. The Hall–Kier alpha value is -0.410. The highest BCUT2D eigenvalue weighted by molar-refractivity contribution is 5.80. The maximum Gasteiger partial charge on any atom is 0.146 e. The third-order valence-corrected chi connectivity index (χ3v) is 1.99. The lowest BCUT2D eigenvalue weighted by molar-refractivity contribution is -0.119. The van der Waals surface area contributed by atoms with Crippen LogP contribution in [0.25, 0.3) is 0 Å². The van der Waals surface area contributed by atoms with Crippen LogP contribution in [0.15, 0.2) is 0 Å². The number of carbonyl (C=O) groups excluding carboxylic acids is 1. The molecule has 0 aliphatic carbocycles. The molecule has 0 aliphatic heterocycles. The maximum atomic E-state index is 11.1. The molecule has 0 aromatic rings. The zero-order valence-corrected chi connectivity index (χ0v) is 9.34. The summed E-state index contributed by atoms with van der Waals surface area (Å²) in [7, 11) is 6.14. The molecule has 3 heteroatoms. The van der Waals surface area contributed by atoms with Gasteiger partial charge in [-0.05, 0) is 40.7 Å². The lowest BCUT2D eigenvalue weighted by Crippen LogP contribution is -2.28. The molecule has 78 valence electrons. The van der Waals surface area contributed by atoms with E-state index in [1.54, 1.807) is 0 Å². The van der Waals surface area contributed by atoms with E-state index in [1.807, 2.05) is 14.0 Å². The summed E-state index contributed by atoms with van der Waals surface area (Å²) in [6.45, 7) is 4.61. The minimum Gasteiger partial charge on any atom is -0.309 e. The van der Waals surface area contributed by atoms with Crippen molar-refractivity contribution in [2.75, 3.05) is 40.8 Å². The molecule has 0 aromatic carbocycles. The Morgan fingerprint density at radius 2 is 1.77 bits per heavy atom. The van der Waals surface area contributed by atoms with E-state index in [0.717, 1.165) is 19.5 Å². The number of hydrogen-bond donors (Lipinski definition) is 0. The predicted octanol–water partition coefficient (Wildman–Crippen LogP) is 0.849. The molecule has 0 radical (unpaired) electrons. The fraction of sp³-hybridized carbons (Fsp3) is 0.900. The van der Waals surface area contributed by atoms with E-state index in [-0.39, 0.29) is 0 Å². The lowest BCUT2D eigenvalue weighted by Gasteiger charge is -2.16. The second kappa shape index (κ2) is 7.04. The highest BCUT2D eigenvalue weighted by Crippen LogP contribution is 1.91. The Labute approximate surface area is 81.7 Å². The van der Waals surface area contributed by atoms with Crippen LogP contribution in [0.2, 0.25) is 0 Å². The zero-order valence-electron chi connectivity index (χ0n) is 9.34. The van der Waals surface area contributed by atoms with Crippen LogP contribution < -0.4 is 0 Å². The van der Waals surface area contributed by atoms with Gasteiger partial charge in [0.2, 0.25) is 0 Å². The first kappa shape index (κ1) is 12.6. The second-order valence-electron chi connectivity index (χ2n) is 3.79. The number of nitrogens with zero attached hydrogens (tertiary/aromatic N) is 2. The van der Waals surface area contributed by atoms with Gasteiger partial charge in [-0.2, -0.15) is 0 Å². The molecular formula is C10H22N2O. The quantitative estimate of drug-likeness (QED) is 0.589. The molecule has 0 spiro atoms. The van der Waals surface area contributed by atoms with Gasteiger partial charge in [0.15, 0.2) is 0 Å². The Kier molecular flexibility index (Phi) is 6.82. The number of ketones is 1. The highest BCUT2D eigenvalue weighted by Gasteiger charge is 2.03. The van der Waals surface area contributed by atoms with E-state index in [9.17, 15) is 4.79 Å². The molecule has 0 aromatic heterocycles. The fourth-order valence-corrected chi connectivity index (χ4v) is 1.15. The number of hydrogen-bond acceptors (Lipinski definition) is 3. The molecule has 0 aliphatic rings. The molecule has 0 saturated heterocycles. The van der Waals surface area contributed by atoms with Gasteiger partial charge in [-0.25, -0.2) is 0 Å². The van der Waals surface area contributed by atoms with Gasteiger partial charge in [0.1, 0.15) is 5.78 Å². The van der Waals surface area contributed by atoms with Gasteiger partial charge in [-0.15, -0.1) is 0 Å². The molecule has 0 amide bonds. The van der Waals surface area contributed by atoms with Crippen molar-refractivity contribution in [3.63, 3.8) is 0 Å². The van der Waals surface area contributed by atoms with Crippen LogP contribution >= 0.6 is 0 Å². The summed E-state index contributed by atoms with van der Waals surface area (Å²) in [5.74, 6) is 0.326. The minimum atomic E-state index is 0.326. The normalized spacial score (nSPS) is 11.2. The maximum absolute atomic E-state index is 11.1. The van der Waals surface area contributed by atoms with Crippen LogP contribution in [0.4, 0.5) is 0 Å². The van der Waals surface area contributed by atoms with Gasteiger partial charge in [-0.1, -0.05) is 6.92 Å². The Morgan fingerprint density at radius 3 is 2.23 bits per heavy atom. The number of Topliss-reactive ketones (excluding diaryl/α,β-unsaturated/α-hetero) is 1. The molecule has 0 heterocycles. The lowest BCUT2D eigenvalue weighted by atomic mass is 10.3. The van der Waals surface area contributed by atoms with Crippen LogP contribution in [0.1, 0.15) is 19.8 Å². The second-order valence-corrected chi connectivity index (χ2v) is 3.79. The average Bonchev–Trinajstić information content (AvgIpc) is 2.03. The number of carbonyl (C=O) groups is 1. The van der Waals surface area contributed by atoms with E-state index in [0.29, 0.717) is 18.7 Å². The van der Waals surface area contributed by atoms with Gasteiger partial charge in [-0.3, -0.25) is 9.69 Å². The first-order valence-corrected chi connectivity index (χ1v) is 4.91. The Morgan fingerprint density at radius 1 is 1.15 bits per heavy atom. The van der Waals surface area contributed by atoms with E-state index in [1.165, 1.54) is 0 Å². The van der Waals surface area contributed by atoms with E-state index in [4.69, 9.17) is 0 Å². The van der Waals surface area contributed by atoms with Gasteiger partial charge in [0.05, 0.1) is 6.54 Å². The third kappa shape index (κ3) is 7.94. The van der Waals surface area contributed by atoms with Crippen molar-refractivity contribution < 1.29 is 4.79 Å². The summed E-state index contributed by atoms with van der Waals surface area (Å²) in [6.07, 6.45) is 1.78. The average molecular weight is 186 g/mol. The molecule has 0 fully saturated rings. The van der Waals surface area contributed by atoms with Crippen LogP contribution in [0.5, 0.6) is 0 Å². The van der Waals surface area contributed by atoms with Crippen molar-refractivity contribution in [1.29, 1.82) is 0 Å². The summed E-state index contributed by atoms with van der Waals surface area (Å²) in [5.41, 5.74) is 0. The van der Waals surface area contributed by atoms with Crippen LogP contribution in [0, 0.1) is 0 Å². The molecule has 0 rings (SSSR count). The Bertz CT molecular complexity index is 146. The predicted molar refractivity (Wildman–Crippen MR) is 56.0 cm³/mol. The van der Waals surface area contributed by atoms with Crippen molar-refractivity contribution in [2.45, 2.75) is 19.8 Å². The largest absolute Gasteiger partial charge is 0.309 e. The number of rotatable bonds is 7. The highest BCUT2D eigenvalue weighted by atomic mass is 16.1. The fourth-order valence-electron chi connectivity index (χ4n) is 1.15. The van der Waals surface area contributed by atoms with E-state index < -0.39 is 0 Å². The zero-order chi connectivity index (χ0) is 10.3. The summed E-state index contributed by atoms with van der Waals surface area (Å²) < 4.78 is 0. The summed E-state index contributed by atoms with van der Waals surface area (Å²) in [5, 5.41) is 0. The van der Waals surface area contributed by atoms with E-state index >= 15 is 0 Å². The monoisotopic (exact) mass is 186 g/mol. The van der Waals surface area contributed by atoms with E-state index in [2.05, 4.69) is 23.9 Å². The molecule has 13 heavy (non-hydrogen) atoms. The SMILES string of the molecule is CCC(=O)CN(C)CCCN(C)C. The first-order valence-electron chi connectivity index (χ1n) is 4.91. The van der Waals surface area contributed by atoms with Crippen molar-refractivity contribution in [2.24, 2.45) is 0 Å². The molecule has 0 unspecified atom stereocenters. The third-order valence-electron chi connectivity index (χ3n) is 1.99. The van der Waals surface area contributed by atoms with Crippen molar-refractivity contribution in [1.82, 2.24) is 9.80 Å². The summed E-state index contributed by atoms with van der Waals surface area (Å²) in [4.78, 5) is 15.3. The van der Waals surface area contributed by atoms with Crippen LogP contribution in [-0.2, 0) is 4.79 Å².